The Morgan fingerprint density at radius 2 is 1.81 bits per heavy atom. The molecule has 3 aromatic rings. The maximum atomic E-state index is 14.0. The van der Waals surface area contributed by atoms with Crippen molar-refractivity contribution in [2.75, 3.05) is 13.2 Å². The summed E-state index contributed by atoms with van der Waals surface area (Å²) < 4.78 is 38.1. The number of benzene rings is 2. The SMILES string of the molecule is OC(COc1ccccc1)CN(Cc1ccco1)Cc1ccc(F)cc1F. The average Bonchev–Trinajstić information content (AvgIpc) is 3.16. The van der Waals surface area contributed by atoms with E-state index in [0.29, 0.717) is 23.6 Å². The van der Waals surface area contributed by atoms with Crippen LogP contribution < -0.4 is 4.74 Å². The predicted molar refractivity (Wildman–Crippen MR) is 97.1 cm³/mol. The number of aliphatic hydroxyl groups excluding tert-OH is 1. The lowest BCUT2D eigenvalue weighted by molar-refractivity contribution is 0.0600. The lowest BCUT2D eigenvalue weighted by Gasteiger charge is -2.24. The van der Waals surface area contributed by atoms with E-state index in [1.807, 2.05) is 23.1 Å². The molecule has 1 heterocycles. The van der Waals surface area contributed by atoms with Gasteiger partial charge in [-0.2, -0.15) is 0 Å². The Hall–Kier alpha value is -2.70. The van der Waals surface area contributed by atoms with Gasteiger partial charge in [-0.05, 0) is 30.3 Å². The van der Waals surface area contributed by atoms with Crippen LogP contribution >= 0.6 is 0 Å². The number of furan rings is 1. The van der Waals surface area contributed by atoms with Gasteiger partial charge in [-0.1, -0.05) is 24.3 Å². The minimum Gasteiger partial charge on any atom is -0.491 e. The molecule has 1 atom stereocenters. The van der Waals surface area contributed by atoms with Crippen molar-refractivity contribution in [3.8, 4) is 5.75 Å². The quantitative estimate of drug-likeness (QED) is 0.616. The van der Waals surface area contributed by atoms with Crippen LogP contribution in [0.4, 0.5) is 8.78 Å². The third kappa shape index (κ3) is 5.91. The minimum absolute atomic E-state index is 0.102. The van der Waals surface area contributed by atoms with Gasteiger partial charge in [0.2, 0.25) is 0 Å². The van der Waals surface area contributed by atoms with E-state index >= 15 is 0 Å². The van der Waals surface area contributed by atoms with E-state index in [0.717, 1.165) is 6.07 Å². The van der Waals surface area contributed by atoms with E-state index in [-0.39, 0.29) is 19.7 Å². The smallest absolute Gasteiger partial charge is 0.130 e. The highest BCUT2D eigenvalue weighted by Gasteiger charge is 2.17. The van der Waals surface area contributed by atoms with Crippen LogP contribution in [0.15, 0.2) is 71.3 Å². The molecule has 0 radical (unpaired) electrons. The number of rotatable bonds is 9. The van der Waals surface area contributed by atoms with Gasteiger partial charge in [0.25, 0.3) is 0 Å². The van der Waals surface area contributed by atoms with Crippen molar-refractivity contribution >= 4 is 0 Å². The molecule has 4 nitrogen and oxygen atoms in total. The number of aliphatic hydroxyl groups is 1. The average molecular weight is 373 g/mol. The molecule has 0 saturated heterocycles. The second-order valence-electron chi connectivity index (χ2n) is 6.26. The van der Waals surface area contributed by atoms with E-state index in [1.54, 1.807) is 30.5 Å². The van der Waals surface area contributed by atoms with Crippen molar-refractivity contribution < 1.29 is 23.0 Å². The Kier molecular flexibility index (Phi) is 6.57. The van der Waals surface area contributed by atoms with Crippen LogP contribution in [0.25, 0.3) is 0 Å². The summed E-state index contributed by atoms with van der Waals surface area (Å²) in [6.07, 6.45) is 0.768. The van der Waals surface area contributed by atoms with Crippen LogP contribution in [0, 0.1) is 11.6 Å². The molecule has 0 amide bonds. The summed E-state index contributed by atoms with van der Waals surface area (Å²) in [5.74, 6) is 0.118. The van der Waals surface area contributed by atoms with Gasteiger partial charge in [-0.3, -0.25) is 4.90 Å². The number of para-hydroxylation sites is 1. The maximum Gasteiger partial charge on any atom is 0.130 e. The highest BCUT2D eigenvalue weighted by Crippen LogP contribution is 2.16. The Balaban J connectivity index is 1.63. The summed E-state index contributed by atoms with van der Waals surface area (Å²) in [6.45, 7) is 0.927. The van der Waals surface area contributed by atoms with E-state index < -0.39 is 17.7 Å². The van der Waals surface area contributed by atoms with Crippen molar-refractivity contribution in [3.05, 3.63) is 89.9 Å². The van der Waals surface area contributed by atoms with Gasteiger partial charge < -0.3 is 14.3 Å². The first kappa shape index (κ1) is 19.1. The summed E-state index contributed by atoms with van der Waals surface area (Å²) in [5, 5.41) is 10.3. The number of hydrogen-bond acceptors (Lipinski definition) is 4. The molecule has 2 aromatic carbocycles. The molecular formula is C21H21F2NO3. The first-order chi connectivity index (χ1) is 13.1. The zero-order valence-corrected chi connectivity index (χ0v) is 14.7. The first-order valence-electron chi connectivity index (χ1n) is 8.65. The Morgan fingerprint density at radius 3 is 2.52 bits per heavy atom. The van der Waals surface area contributed by atoms with Crippen molar-refractivity contribution in [1.29, 1.82) is 0 Å². The van der Waals surface area contributed by atoms with Gasteiger partial charge in [0.1, 0.15) is 35.9 Å². The van der Waals surface area contributed by atoms with Crippen LogP contribution in [-0.2, 0) is 13.1 Å². The molecule has 1 N–H and O–H groups in total. The highest BCUT2D eigenvalue weighted by atomic mass is 19.1. The van der Waals surface area contributed by atoms with Crippen LogP contribution in [0.5, 0.6) is 5.75 Å². The summed E-state index contributed by atoms with van der Waals surface area (Å²) in [4.78, 5) is 1.83. The van der Waals surface area contributed by atoms with E-state index in [2.05, 4.69) is 0 Å². The molecule has 27 heavy (non-hydrogen) atoms. The maximum absolute atomic E-state index is 14.0. The molecule has 1 aromatic heterocycles. The molecule has 0 aliphatic carbocycles. The first-order valence-corrected chi connectivity index (χ1v) is 8.65. The molecule has 1 unspecified atom stereocenters. The monoisotopic (exact) mass is 373 g/mol. The zero-order chi connectivity index (χ0) is 19.1. The lowest BCUT2D eigenvalue weighted by Crippen LogP contribution is -2.35. The summed E-state index contributed by atoms with van der Waals surface area (Å²) >= 11 is 0. The lowest BCUT2D eigenvalue weighted by atomic mass is 10.1. The molecule has 0 fully saturated rings. The molecule has 0 bridgehead atoms. The van der Waals surface area contributed by atoms with Crippen LogP contribution in [-0.4, -0.2) is 29.3 Å². The molecule has 142 valence electrons. The molecule has 0 saturated carbocycles. The Labute approximate surface area is 156 Å². The topological polar surface area (TPSA) is 45.8 Å². The summed E-state index contributed by atoms with van der Waals surface area (Å²) in [5.41, 5.74) is 0.346. The van der Waals surface area contributed by atoms with E-state index in [9.17, 15) is 13.9 Å². The molecule has 0 aliphatic rings. The molecule has 0 spiro atoms. The second kappa shape index (κ2) is 9.30. The van der Waals surface area contributed by atoms with E-state index in [4.69, 9.17) is 9.15 Å². The zero-order valence-electron chi connectivity index (χ0n) is 14.7. The molecule has 6 heteroatoms. The van der Waals surface area contributed by atoms with Crippen molar-refractivity contribution in [1.82, 2.24) is 4.90 Å². The van der Waals surface area contributed by atoms with Gasteiger partial charge in [-0.15, -0.1) is 0 Å². The third-order valence-electron chi connectivity index (χ3n) is 4.02. The second-order valence-corrected chi connectivity index (χ2v) is 6.26. The van der Waals surface area contributed by atoms with Crippen molar-refractivity contribution in [3.63, 3.8) is 0 Å². The Bertz CT molecular complexity index is 825. The number of ether oxygens (including phenoxy) is 1. The fourth-order valence-corrected chi connectivity index (χ4v) is 2.76. The van der Waals surface area contributed by atoms with Gasteiger partial charge in [0.15, 0.2) is 0 Å². The van der Waals surface area contributed by atoms with Gasteiger partial charge in [0.05, 0.1) is 12.8 Å². The number of nitrogens with zero attached hydrogens (tertiary/aromatic N) is 1. The van der Waals surface area contributed by atoms with Gasteiger partial charge in [0, 0.05) is 24.7 Å². The third-order valence-corrected chi connectivity index (χ3v) is 4.02. The summed E-state index contributed by atoms with van der Waals surface area (Å²) in [7, 11) is 0. The van der Waals surface area contributed by atoms with Crippen LogP contribution in [0.1, 0.15) is 11.3 Å². The predicted octanol–water partition coefficient (Wildman–Crippen LogP) is 4.00. The molecule has 0 aliphatic heterocycles. The fraction of sp³-hybridized carbons (Fsp3) is 0.238. The molecular weight excluding hydrogens is 352 g/mol. The van der Waals surface area contributed by atoms with E-state index in [1.165, 1.54) is 12.1 Å². The largest absolute Gasteiger partial charge is 0.491 e. The highest BCUT2D eigenvalue weighted by molar-refractivity contribution is 5.21. The number of hydrogen-bond donors (Lipinski definition) is 1. The fourth-order valence-electron chi connectivity index (χ4n) is 2.76. The standard InChI is InChI=1S/C21H21F2NO3/c22-17-9-8-16(21(23)11-17)12-24(14-20-7-4-10-26-20)13-18(25)15-27-19-5-2-1-3-6-19/h1-11,18,25H,12-15H2. The van der Waals surface area contributed by atoms with Crippen molar-refractivity contribution in [2.24, 2.45) is 0 Å². The van der Waals surface area contributed by atoms with Gasteiger partial charge >= 0.3 is 0 Å². The van der Waals surface area contributed by atoms with Crippen LogP contribution in [0.2, 0.25) is 0 Å². The van der Waals surface area contributed by atoms with Gasteiger partial charge in [-0.25, -0.2) is 8.78 Å². The molecule has 3 rings (SSSR count). The minimum atomic E-state index is -0.788. The number of halogens is 2. The Morgan fingerprint density at radius 1 is 1.00 bits per heavy atom. The summed E-state index contributed by atoms with van der Waals surface area (Å²) in [6, 6.07) is 16.3. The van der Waals surface area contributed by atoms with Crippen molar-refractivity contribution in [2.45, 2.75) is 19.2 Å². The van der Waals surface area contributed by atoms with Crippen LogP contribution in [0.3, 0.4) is 0 Å². The normalized spacial score (nSPS) is 12.3.